The highest BCUT2D eigenvalue weighted by Gasteiger charge is 2.55. The number of terminal acetylenes is 1. The van der Waals surface area contributed by atoms with E-state index in [1.165, 1.54) is 18.1 Å². The number of nitrogens with one attached hydrogen (secondary N) is 1. The Morgan fingerprint density at radius 1 is 0.714 bits per heavy atom. The van der Waals surface area contributed by atoms with Gasteiger partial charge in [-0.05, 0) is 34.9 Å². The first-order valence-electron chi connectivity index (χ1n) is 10.7. The van der Waals surface area contributed by atoms with Crippen LogP contribution in [0.15, 0.2) is 109 Å². The fourth-order valence-corrected chi connectivity index (χ4v) is 4.39. The van der Waals surface area contributed by atoms with Gasteiger partial charge in [-0.15, -0.1) is 6.42 Å². The van der Waals surface area contributed by atoms with Crippen molar-refractivity contribution in [1.29, 1.82) is 0 Å². The highest BCUT2D eigenvalue weighted by atomic mass is 35.5. The van der Waals surface area contributed by atoms with E-state index in [1.54, 1.807) is 0 Å². The smallest absolute Gasteiger partial charge is 0.368 e. The van der Waals surface area contributed by atoms with Crippen LogP contribution in [0.3, 0.4) is 0 Å². The molecule has 4 aromatic carbocycles. The van der Waals surface area contributed by atoms with Crippen LogP contribution < -0.4 is 5.32 Å². The number of hydrogen-bond donors (Lipinski definition) is 2. The van der Waals surface area contributed by atoms with E-state index >= 15 is 0 Å². The summed E-state index contributed by atoms with van der Waals surface area (Å²) in [6, 6.07) is 31.9. The number of rotatable bonds is 6. The van der Waals surface area contributed by atoms with E-state index in [9.17, 15) is 18.3 Å². The van der Waals surface area contributed by atoms with Gasteiger partial charge in [0.05, 0.1) is 0 Å². The third kappa shape index (κ3) is 4.39. The average Bonchev–Trinajstić information content (AvgIpc) is 2.88. The standard InChI is InChI=1S/C29H21ClF3NO/c1-2-27(35,29(31,32)33)25-20-24(30)18-19-26(25)34-28(21-12-6-3-7-13-21,22-14-8-4-9-15-22)23-16-10-5-11-17-23/h1,3-20,34-35H. The van der Waals surface area contributed by atoms with E-state index < -0.39 is 22.9 Å². The van der Waals surface area contributed by atoms with Gasteiger partial charge in [-0.3, -0.25) is 0 Å². The molecule has 176 valence electrons. The van der Waals surface area contributed by atoms with Gasteiger partial charge < -0.3 is 10.4 Å². The van der Waals surface area contributed by atoms with Crippen LogP contribution in [-0.2, 0) is 11.1 Å². The molecular weight excluding hydrogens is 471 g/mol. The van der Waals surface area contributed by atoms with Gasteiger partial charge in [-0.25, -0.2) is 0 Å². The van der Waals surface area contributed by atoms with E-state index in [0.29, 0.717) is 0 Å². The van der Waals surface area contributed by atoms with Crippen molar-refractivity contribution >= 4 is 17.3 Å². The van der Waals surface area contributed by atoms with E-state index in [2.05, 4.69) is 5.32 Å². The highest BCUT2D eigenvalue weighted by Crippen LogP contribution is 2.46. The van der Waals surface area contributed by atoms with E-state index in [4.69, 9.17) is 18.0 Å². The van der Waals surface area contributed by atoms with E-state index in [-0.39, 0.29) is 10.7 Å². The number of benzene rings is 4. The first kappa shape index (κ1) is 24.4. The van der Waals surface area contributed by atoms with Gasteiger partial charge in [0.15, 0.2) is 0 Å². The first-order valence-corrected chi connectivity index (χ1v) is 11.1. The van der Waals surface area contributed by atoms with Gasteiger partial charge in [0.1, 0.15) is 5.54 Å². The average molecular weight is 492 g/mol. The lowest BCUT2D eigenvalue weighted by Gasteiger charge is -2.39. The Morgan fingerprint density at radius 3 is 1.51 bits per heavy atom. The third-order valence-electron chi connectivity index (χ3n) is 5.93. The van der Waals surface area contributed by atoms with Crippen LogP contribution in [0.2, 0.25) is 5.02 Å². The Labute approximate surface area is 207 Å². The summed E-state index contributed by atoms with van der Waals surface area (Å²) in [5, 5.41) is 14.0. The van der Waals surface area contributed by atoms with Crippen LogP contribution in [-0.4, -0.2) is 11.3 Å². The Morgan fingerprint density at radius 2 is 1.14 bits per heavy atom. The fraction of sp³-hybridized carbons (Fsp3) is 0.103. The molecule has 0 aliphatic carbocycles. The fourth-order valence-electron chi connectivity index (χ4n) is 4.22. The summed E-state index contributed by atoms with van der Waals surface area (Å²) in [6.07, 6.45) is 0.109. The zero-order valence-corrected chi connectivity index (χ0v) is 19.2. The molecule has 1 atom stereocenters. The van der Waals surface area contributed by atoms with Crippen molar-refractivity contribution in [2.24, 2.45) is 0 Å². The molecule has 2 N–H and O–H groups in total. The normalized spacial score (nSPS) is 13.5. The monoisotopic (exact) mass is 491 g/mol. The van der Waals surface area contributed by atoms with Crippen molar-refractivity contribution in [2.45, 2.75) is 17.3 Å². The molecule has 0 aliphatic heterocycles. The topological polar surface area (TPSA) is 32.3 Å². The molecule has 0 spiro atoms. The highest BCUT2D eigenvalue weighted by molar-refractivity contribution is 6.30. The number of alkyl halides is 3. The molecule has 0 saturated heterocycles. The van der Waals surface area contributed by atoms with Crippen LogP contribution in [0.1, 0.15) is 22.3 Å². The molecule has 0 heterocycles. The lowest BCUT2D eigenvalue weighted by atomic mass is 9.76. The largest absolute Gasteiger partial charge is 0.433 e. The first-order chi connectivity index (χ1) is 16.7. The molecule has 0 amide bonds. The minimum Gasteiger partial charge on any atom is -0.368 e. The van der Waals surface area contributed by atoms with Gasteiger partial charge in [0.2, 0.25) is 5.60 Å². The number of halogens is 4. The maximum absolute atomic E-state index is 14.0. The summed E-state index contributed by atoms with van der Waals surface area (Å²) in [5.41, 5.74) is -2.95. The quantitative estimate of drug-likeness (QED) is 0.222. The minimum absolute atomic E-state index is 0.00760. The minimum atomic E-state index is -5.14. The number of hydrogen-bond acceptors (Lipinski definition) is 2. The third-order valence-corrected chi connectivity index (χ3v) is 6.17. The van der Waals surface area contributed by atoms with Crippen molar-refractivity contribution in [3.63, 3.8) is 0 Å². The Kier molecular flexibility index (Phi) is 6.62. The predicted molar refractivity (Wildman–Crippen MR) is 133 cm³/mol. The Bertz CT molecular complexity index is 1240. The van der Waals surface area contributed by atoms with Gasteiger partial charge in [0, 0.05) is 16.3 Å². The van der Waals surface area contributed by atoms with Gasteiger partial charge in [-0.1, -0.05) is 109 Å². The van der Waals surface area contributed by atoms with Crippen LogP contribution in [0.4, 0.5) is 18.9 Å². The van der Waals surface area contributed by atoms with Crippen LogP contribution >= 0.6 is 11.6 Å². The second-order valence-electron chi connectivity index (χ2n) is 8.02. The molecule has 0 radical (unpaired) electrons. The number of anilines is 1. The predicted octanol–water partition coefficient (Wildman–Crippen LogP) is 7.13. The second-order valence-corrected chi connectivity index (χ2v) is 8.45. The molecular formula is C29H21ClF3NO. The molecule has 35 heavy (non-hydrogen) atoms. The zero-order valence-electron chi connectivity index (χ0n) is 18.4. The maximum atomic E-state index is 14.0. The lowest BCUT2D eigenvalue weighted by molar-refractivity contribution is -0.240. The van der Waals surface area contributed by atoms with Crippen molar-refractivity contribution in [1.82, 2.24) is 0 Å². The molecule has 0 aliphatic rings. The molecule has 0 bridgehead atoms. The summed E-state index contributed by atoms with van der Waals surface area (Å²) in [5.74, 6) is 1.54. The van der Waals surface area contributed by atoms with Gasteiger partial charge in [-0.2, -0.15) is 13.2 Å². The van der Waals surface area contributed by atoms with E-state index in [0.717, 1.165) is 22.8 Å². The molecule has 1 unspecified atom stereocenters. The van der Waals surface area contributed by atoms with Crippen molar-refractivity contribution in [3.8, 4) is 12.3 Å². The summed E-state index contributed by atoms with van der Waals surface area (Å²) >= 11 is 6.08. The molecule has 0 fully saturated rings. The lowest BCUT2D eigenvalue weighted by Crippen LogP contribution is -2.43. The van der Waals surface area contributed by atoms with Gasteiger partial charge in [0.25, 0.3) is 0 Å². The molecule has 4 rings (SSSR count). The summed E-state index contributed by atoms with van der Waals surface area (Å²) in [4.78, 5) is 0. The Balaban J connectivity index is 2.06. The summed E-state index contributed by atoms with van der Waals surface area (Å²) in [7, 11) is 0. The second kappa shape index (κ2) is 9.50. The van der Waals surface area contributed by atoms with Crippen LogP contribution in [0.25, 0.3) is 0 Å². The maximum Gasteiger partial charge on any atom is 0.433 e. The molecule has 4 aromatic rings. The van der Waals surface area contributed by atoms with Crippen LogP contribution in [0.5, 0.6) is 0 Å². The summed E-state index contributed by atoms with van der Waals surface area (Å²) < 4.78 is 42.1. The van der Waals surface area contributed by atoms with Crippen molar-refractivity contribution in [3.05, 3.63) is 136 Å². The Hall–Kier alpha value is -3.72. The van der Waals surface area contributed by atoms with Gasteiger partial charge >= 0.3 is 6.18 Å². The SMILES string of the molecule is C#CC(O)(c1cc(Cl)ccc1NC(c1ccccc1)(c1ccccc1)c1ccccc1)C(F)(F)F. The van der Waals surface area contributed by atoms with Crippen molar-refractivity contribution in [2.75, 3.05) is 5.32 Å². The van der Waals surface area contributed by atoms with E-state index in [1.807, 2.05) is 91.0 Å². The summed E-state index contributed by atoms with van der Waals surface area (Å²) in [6.45, 7) is 0. The number of aliphatic hydroxyl groups is 1. The molecule has 2 nitrogen and oxygen atoms in total. The van der Waals surface area contributed by atoms with Crippen LogP contribution in [0, 0.1) is 12.3 Å². The molecule has 6 heteroatoms. The van der Waals surface area contributed by atoms with Crippen molar-refractivity contribution < 1.29 is 18.3 Å². The molecule has 0 saturated carbocycles. The zero-order chi connectivity index (χ0) is 25.1. The molecule has 0 aromatic heterocycles.